The molecule has 0 spiro atoms. The molecule has 1 nitrogen and oxygen atoms in total. The number of ketones is 1. The van der Waals surface area contributed by atoms with Gasteiger partial charge >= 0.3 is 0 Å². The standard InChI is InChI=1S/C15H10ClFO/c16-13-8-6-11(7-9-13)10-14(17)15(18)12-4-2-1-3-5-12/h1-10H/b14-10-. The van der Waals surface area contributed by atoms with Gasteiger partial charge in [-0.15, -0.1) is 0 Å². The fraction of sp³-hybridized carbons (Fsp3) is 0. The van der Waals surface area contributed by atoms with E-state index in [4.69, 9.17) is 11.6 Å². The highest BCUT2D eigenvalue weighted by Crippen LogP contribution is 2.16. The van der Waals surface area contributed by atoms with Crippen molar-refractivity contribution in [2.24, 2.45) is 0 Å². The van der Waals surface area contributed by atoms with Crippen LogP contribution < -0.4 is 0 Å². The van der Waals surface area contributed by atoms with E-state index in [1.165, 1.54) is 6.08 Å². The highest BCUT2D eigenvalue weighted by Gasteiger charge is 2.10. The van der Waals surface area contributed by atoms with Gasteiger partial charge in [-0.1, -0.05) is 54.1 Å². The molecule has 0 bridgehead atoms. The maximum absolute atomic E-state index is 13.7. The Balaban J connectivity index is 2.23. The SMILES string of the molecule is O=C(/C(F)=C/c1ccc(Cl)cc1)c1ccccc1. The van der Waals surface area contributed by atoms with Crippen LogP contribution in [0.3, 0.4) is 0 Å². The molecule has 0 aliphatic carbocycles. The van der Waals surface area contributed by atoms with Crippen LogP contribution in [0.15, 0.2) is 60.4 Å². The molecule has 0 aromatic heterocycles. The van der Waals surface area contributed by atoms with Crippen LogP contribution >= 0.6 is 11.6 Å². The van der Waals surface area contributed by atoms with Gasteiger partial charge in [0.2, 0.25) is 5.78 Å². The van der Waals surface area contributed by atoms with E-state index in [1.807, 2.05) is 0 Å². The first kappa shape index (κ1) is 12.5. The highest BCUT2D eigenvalue weighted by molar-refractivity contribution is 6.30. The van der Waals surface area contributed by atoms with Gasteiger partial charge in [0.25, 0.3) is 0 Å². The van der Waals surface area contributed by atoms with Gasteiger partial charge in [-0.2, -0.15) is 0 Å². The number of hydrogen-bond acceptors (Lipinski definition) is 1. The zero-order valence-corrected chi connectivity index (χ0v) is 10.2. The molecule has 0 aliphatic heterocycles. The molecule has 0 saturated heterocycles. The van der Waals surface area contributed by atoms with Gasteiger partial charge in [0.05, 0.1) is 0 Å². The van der Waals surface area contributed by atoms with Gasteiger partial charge in [-0.3, -0.25) is 4.79 Å². The maximum atomic E-state index is 13.7. The topological polar surface area (TPSA) is 17.1 Å². The second-order valence-corrected chi connectivity index (χ2v) is 4.18. The molecule has 3 heteroatoms. The maximum Gasteiger partial charge on any atom is 0.221 e. The first-order chi connectivity index (χ1) is 8.66. The molecule has 0 atom stereocenters. The largest absolute Gasteiger partial charge is 0.286 e. The molecular formula is C15H10ClFO. The van der Waals surface area contributed by atoms with Crippen LogP contribution in [-0.4, -0.2) is 5.78 Å². The van der Waals surface area contributed by atoms with E-state index >= 15 is 0 Å². The summed E-state index contributed by atoms with van der Waals surface area (Å²) in [6.07, 6.45) is 1.20. The Morgan fingerprint density at radius 3 is 2.22 bits per heavy atom. The minimum atomic E-state index is -0.788. The Kier molecular flexibility index (Phi) is 3.90. The molecule has 0 saturated carbocycles. The van der Waals surface area contributed by atoms with Crippen LogP contribution in [0.5, 0.6) is 0 Å². The highest BCUT2D eigenvalue weighted by atomic mass is 35.5. The van der Waals surface area contributed by atoms with E-state index in [-0.39, 0.29) is 0 Å². The Morgan fingerprint density at radius 2 is 1.61 bits per heavy atom. The lowest BCUT2D eigenvalue weighted by Gasteiger charge is -1.98. The summed E-state index contributed by atoms with van der Waals surface area (Å²) in [6.45, 7) is 0. The van der Waals surface area contributed by atoms with Crippen molar-refractivity contribution in [2.45, 2.75) is 0 Å². The molecule has 0 aliphatic rings. The summed E-state index contributed by atoms with van der Waals surface area (Å²) < 4.78 is 13.7. The third-order valence-corrected chi connectivity index (χ3v) is 2.67. The van der Waals surface area contributed by atoms with E-state index in [2.05, 4.69) is 0 Å². The molecule has 18 heavy (non-hydrogen) atoms. The third-order valence-electron chi connectivity index (χ3n) is 2.42. The number of carbonyl (C=O) groups excluding carboxylic acids is 1. The predicted octanol–water partition coefficient (Wildman–Crippen LogP) is 4.53. The quantitative estimate of drug-likeness (QED) is 0.585. The normalized spacial score (nSPS) is 11.3. The van der Waals surface area contributed by atoms with Gasteiger partial charge in [0.15, 0.2) is 5.83 Å². The van der Waals surface area contributed by atoms with Crippen molar-refractivity contribution in [1.29, 1.82) is 0 Å². The van der Waals surface area contributed by atoms with Gasteiger partial charge in [-0.25, -0.2) is 4.39 Å². The summed E-state index contributed by atoms with van der Waals surface area (Å²) in [6, 6.07) is 14.9. The Labute approximate surface area is 110 Å². The first-order valence-electron chi connectivity index (χ1n) is 5.39. The summed E-state index contributed by atoms with van der Waals surface area (Å²) in [4.78, 5) is 11.7. The lowest BCUT2D eigenvalue weighted by molar-refractivity contribution is 0.101. The second kappa shape index (κ2) is 5.61. The van der Waals surface area contributed by atoms with E-state index < -0.39 is 11.6 Å². The van der Waals surface area contributed by atoms with Crippen molar-refractivity contribution in [2.75, 3.05) is 0 Å². The minimum Gasteiger partial charge on any atom is -0.286 e. The van der Waals surface area contributed by atoms with E-state index in [0.29, 0.717) is 16.1 Å². The molecule has 0 unspecified atom stereocenters. The Bertz CT molecular complexity index is 573. The van der Waals surface area contributed by atoms with Gasteiger partial charge in [-0.05, 0) is 23.8 Å². The van der Waals surface area contributed by atoms with Crippen LogP contribution in [0, 0.1) is 0 Å². The molecule has 90 valence electrons. The number of carbonyl (C=O) groups is 1. The average molecular weight is 261 g/mol. The molecule has 2 rings (SSSR count). The summed E-state index contributed by atoms with van der Waals surface area (Å²) in [7, 11) is 0. The fourth-order valence-corrected chi connectivity index (χ4v) is 1.62. The summed E-state index contributed by atoms with van der Waals surface area (Å²) in [5.41, 5.74) is 0.932. The van der Waals surface area contributed by atoms with Crippen molar-refractivity contribution in [3.8, 4) is 0 Å². The monoisotopic (exact) mass is 260 g/mol. The van der Waals surface area contributed by atoms with Crippen LogP contribution in [0.2, 0.25) is 5.02 Å². The average Bonchev–Trinajstić information content (AvgIpc) is 2.41. The molecular weight excluding hydrogens is 251 g/mol. The molecule has 0 radical (unpaired) electrons. The predicted molar refractivity (Wildman–Crippen MR) is 71.3 cm³/mol. The van der Waals surface area contributed by atoms with Crippen LogP contribution in [0.25, 0.3) is 6.08 Å². The first-order valence-corrected chi connectivity index (χ1v) is 5.77. The zero-order chi connectivity index (χ0) is 13.0. The van der Waals surface area contributed by atoms with Crippen LogP contribution in [0.4, 0.5) is 4.39 Å². The number of rotatable bonds is 3. The van der Waals surface area contributed by atoms with Crippen molar-refractivity contribution in [3.63, 3.8) is 0 Å². The van der Waals surface area contributed by atoms with Crippen molar-refractivity contribution in [3.05, 3.63) is 76.6 Å². The lowest BCUT2D eigenvalue weighted by atomic mass is 10.1. The van der Waals surface area contributed by atoms with Crippen LogP contribution in [0.1, 0.15) is 15.9 Å². The zero-order valence-electron chi connectivity index (χ0n) is 9.44. The van der Waals surface area contributed by atoms with Crippen molar-refractivity contribution in [1.82, 2.24) is 0 Å². The molecule has 0 fully saturated rings. The molecule has 0 heterocycles. The van der Waals surface area contributed by atoms with Gasteiger partial charge < -0.3 is 0 Å². The molecule has 0 N–H and O–H groups in total. The van der Waals surface area contributed by atoms with Gasteiger partial charge in [0.1, 0.15) is 0 Å². The van der Waals surface area contributed by atoms with Crippen LogP contribution in [-0.2, 0) is 0 Å². The van der Waals surface area contributed by atoms with E-state index in [9.17, 15) is 9.18 Å². The Morgan fingerprint density at radius 1 is 1.00 bits per heavy atom. The van der Waals surface area contributed by atoms with Crippen molar-refractivity contribution >= 4 is 23.5 Å². The lowest BCUT2D eigenvalue weighted by Crippen LogP contribution is -1.98. The summed E-state index contributed by atoms with van der Waals surface area (Å²) in [5, 5.41) is 0.571. The number of Topliss-reactive ketones (excluding diaryl/α,β-unsaturated/α-hetero) is 1. The van der Waals surface area contributed by atoms with E-state index in [1.54, 1.807) is 54.6 Å². The third kappa shape index (κ3) is 3.05. The molecule has 2 aromatic rings. The number of hydrogen-bond donors (Lipinski definition) is 0. The van der Waals surface area contributed by atoms with Crippen molar-refractivity contribution < 1.29 is 9.18 Å². The number of allylic oxidation sites excluding steroid dienone is 1. The molecule has 2 aromatic carbocycles. The number of benzene rings is 2. The molecule has 0 amide bonds. The smallest absolute Gasteiger partial charge is 0.221 e. The van der Waals surface area contributed by atoms with E-state index in [0.717, 1.165) is 0 Å². The summed E-state index contributed by atoms with van der Waals surface area (Å²) in [5.74, 6) is -1.41. The second-order valence-electron chi connectivity index (χ2n) is 3.74. The fourth-order valence-electron chi connectivity index (χ4n) is 1.50. The minimum absolute atomic E-state index is 0.334. The summed E-state index contributed by atoms with van der Waals surface area (Å²) >= 11 is 5.73. The Hall–Kier alpha value is -1.93. The van der Waals surface area contributed by atoms with Gasteiger partial charge in [0, 0.05) is 10.6 Å². The number of halogens is 2.